The van der Waals surface area contributed by atoms with E-state index in [9.17, 15) is 14.4 Å². The average molecular weight is 486 g/mol. The third-order valence-corrected chi connectivity index (χ3v) is 8.30. The molecule has 0 heterocycles. The van der Waals surface area contributed by atoms with Crippen molar-refractivity contribution in [3.63, 3.8) is 0 Å². The number of ketones is 1. The lowest BCUT2D eigenvalue weighted by atomic mass is 9.48. The Balaban J connectivity index is 1.64. The van der Waals surface area contributed by atoms with E-state index in [1.165, 1.54) is 27.8 Å². The summed E-state index contributed by atoms with van der Waals surface area (Å²) in [5.74, 6) is 0.720. The highest BCUT2D eigenvalue weighted by atomic mass is 16.2. The molecule has 1 unspecified atom stereocenters. The van der Waals surface area contributed by atoms with Gasteiger partial charge < -0.3 is 5.32 Å². The Labute approximate surface area is 213 Å². The van der Waals surface area contributed by atoms with E-state index in [1.54, 1.807) is 6.07 Å². The van der Waals surface area contributed by atoms with Gasteiger partial charge >= 0.3 is 6.03 Å². The Morgan fingerprint density at radius 1 is 1.08 bits per heavy atom. The molecule has 3 aliphatic rings. The Hall–Kier alpha value is -3.46. The van der Waals surface area contributed by atoms with E-state index in [0.717, 1.165) is 36.8 Å². The van der Waals surface area contributed by atoms with Gasteiger partial charge in [-0.3, -0.25) is 14.9 Å². The molecular formula is C30H35N3O3. The first kappa shape index (κ1) is 25.6. The van der Waals surface area contributed by atoms with Crippen LogP contribution < -0.4 is 10.6 Å². The van der Waals surface area contributed by atoms with Crippen molar-refractivity contribution in [3.8, 4) is 6.07 Å². The monoisotopic (exact) mass is 485 g/mol. The van der Waals surface area contributed by atoms with Crippen molar-refractivity contribution in [1.82, 2.24) is 5.32 Å². The number of carbonyl (C=O) groups is 3. The van der Waals surface area contributed by atoms with Gasteiger partial charge in [0, 0.05) is 12.1 Å². The third-order valence-electron chi connectivity index (χ3n) is 8.30. The van der Waals surface area contributed by atoms with Crippen molar-refractivity contribution in [2.75, 3.05) is 5.32 Å². The molecule has 2 aromatic rings. The van der Waals surface area contributed by atoms with Gasteiger partial charge in [0.1, 0.15) is 12.2 Å². The Kier molecular flexibility index (Phi) is 7.04. The lowest BCUT2D eigenvalue weighted by molar-refractivity contribution is -0.128. The van der Waals surface area contributed by atoms with Gasteiger partial charge in [-0.05, 0) is 116 Å². The maximum atomic E-state index is 13.4. The molecule has 1 saturated carbocycles. The highest BCUT2D eigenvalue weighted by Gasteiger charge is 2.55. The minimum absolute atomic E-state index is 0.365. The van der Waals surface area contributed by atoms with E-state index in [4.69, 9.17) is 5.26 Å². The van der Waals surface area contributed by atoms with Crippen LogP contribution in [0.1, 0.15) is 90.8 Å². The maximum absolute atomic E-state index is 13.4. The highest BCUT2D eigenvalue weighted by Crippen LogP contribution is 2.61. The average Bonchev–Trinajstić information content (AvgIpc) is 2.76. The number of nitrogens with one attached hydrogen (secondary N) is 2. The summed E-state index contributed by atoms with van der Waals surface area (Å²) >= 11 is 0. The molecule has 3 amide bonds. The third kappa shape index (κ3) is 4.43. The molecule has 1 fully saturated rings. The Morgan fingerprint density at radius 3 is 2.36 bits per heavy atom. The van der Waals surface area contributed by atoms with Crippen LogP contribution in [0.25, 0.3) is 0 Å². The van der Waals surface area contributed by atoms with Crippen molar-refractivity contribution in [3.05, 3.63) is 63.2 Å². The molecular weight excluding hydrogens is 450 g/mol. The molecule has 188 valence electrons. The molecule has 3 aliphatic carbocycles. The number of amides is 3. The predicted octanol–water partition coefficient (Wildman–Crippen LogP) is 5.90. The maximum Gasteiger partial charge on any atom is 0.325 e. The summed E-state index contributed by atoms with van der Waals surface area (Å²) in [5.41, 5.74) is 8.69. The number of anilines is 1. The number of urea groups is 1. The van der Waals surface area contributed by atoms with Crippen LogP contribution in [-0.4, -0.2) is 17.7 Å². The zero-order chi connectivity index (χ0) is 26.2. The van der Waals surface area contributed by atoms with Crippen molar-refractivity contribution in [1.29, 1.82) is 5.26 Å². The van der Waals surface area contributed by atoms with Crippen molar-refractivity contribution in [2.45, 2.75) is 84.5 Å². The minimum Gasteiger partial charge on any atom is -0.308 e. The number of hydrogen-bond acceptors (Lipinski definition) is 4. The smallest absolute Gasteiger partial charge is 0.308 e. The first-order valence-electron chi connectivity index (χ1n) is 12.8. The van der Waals surface area contributed by atoms with Crippen LogP contribution in [0, 0.1) is 38.0 Å². The second kappa shape index (κ2) is 9.89. The lowest BCUT2D eigenvalue weighted by Crippen LogP contribution is -2.51. The number of imide groups is 1. The SMILES string of the molecule is CCCC(=O)C1(C)c2c(C)ccc(Cc3c(C)cc(NC(=O)NC(=O)CC#N)cc3C)c2C2CC1C2. The van der Waals surface area contributed by atoms with Crippen molar-refractivity contribution in [2.24, 2.45) is 5.92 Å². The Morgan fingerprint density at radius 2 is 1.75 bits per heavy atom. The van der Waals surface area contributed by atoms with E-state index in [2.05, 4.69) is 43.5 Å². The molecule has 0 aromatic heterocycles. The number of Topliss-reactive ketones (excluding diaryl/α,β-unsaturated/α-hetero) is 1. The standard InChI is InChI=1S/C30H35N3O3/c1-6-7-25(34)30(5)22-14-21(15-22)27-20(9-8-17(2)28(27)30)16-24-18(3)12-23(13-19(24)4)32-29(36)33-26(35)10-11-31/h8-9,12-13,21-22H,6-7,10,14-16H2,1-5H3,(H2,32,33,35,36). The van der Waals surface area contributed by atoms with Crippen LogP contribution in [0.4, 0.5) is 10.5 Å². The van der Waals surface area contributed by atoms with E-state index < -0.39 is 17.4 Å². The first-order valence-corrected chi connectivity index (χ1v) is 12.8. The molecule has 0 spiro atoms. The fraction of sp³-hybridized carbons (Fsp3) is 0.467. The second-order valence-electron chi connectivity index (χ2n) is 10.7. The summed E-state index contributed by atoms with van der Waals surface area (Å²) < 4.78 is 0. The van der Waals surface area contributed by atoms with Gasteiger partial charge in [0.05, 0.1) is 11.5 Å². The molecule has 6 heteroatoms. The van der Waals surface area contributed by atoms with Crippen LogP contribution in [-0.2, 0) is 21.4 Å². The zero-order valence-corrected chi connectivity index (χ0v) is 21.9. The molecule has 0 aliphatic heterocycles. The van der Waals surface area contributed by atoms with Crippen LogP contribution in [0.5, 0.6) is 0 Å². The van der Waals surface area contributed by atoms with Gasteiger partial charge in [0.2, 0.25) is 5.91 Å². The normalized spacial score (nSPS) is 21.6. The molecule has 2 N–H and O–H groups in total. The van der Waals surface area contributed by atoms with E-state index in [1.807, 2.05) is 26.0 Å². The summed E-state index contributed by atoms with van der Waals surface area (Å²) in [6.45, 7) is 10.5. The quantitative estimate of drug-likeness (QED) is 0.510. The summed E-state index contributed by atoms with van der Waals surface area (Å²) in [7, 11) is 0. The number of carbonyl (C=O) groups excluding carboxylic acids is 3. The summed E-state index contributed by atoms with van der Waals surface area (Å²) in [6, 6.07) is 9.30. The van der Waals surface area contributed by atoms with Gasteiger partial charge in [-0.2, -0.15) is 5.26 Å². The molecule has 2 bridgehead atoms. The fourth-order valence-electron chi connectivity index (χ4n) is 6.40. The van der Waals surface area contributed by atoms with E-state index in [0.29, 0.717) is 29.7 Å². The largest absolute Gasteiger partial charge is 0.325 e. The highest BCUT2D eigenvalue weighted by molar-refractivity contribution is 6.01. The molecule has 0 saturated heterocycles. The van der Waals surface area contributed by atoms with Crippen LogP contribution >= 0.6 is 0 Å². The van der Waals surface area contributed by atoms with Crippen LogP contribution in [0.3, 0.4) is 0 Å². The minimum atomic E-state index is -0.648. The summed E-state index contributed by atoms with van der Waals surface area (Å²) in [6.07, 6.45) is 4.10. The topological polar surface area (TPSA) is 99.1 Å². The number of nitrogens with zero attached hydrogens (tertiary/aromatic N) is 1. The number of benzene rings is 2. The van der Waals surface area contributed by atoms with Gasteiger partial charge in [-0.25, -0.2) is 4.79 Å². The second-order valence-corrected chi connectivity index (χ2v) is 10.7. The summed E-state index contributed by atoms with van der Waals surface area (Å²) in [5, 5.41) is 13.4. The molecule has 5 rings (SSSR count). The van der Waals surface area contributed by atoms with Crippen molar-refractivity contribution < 1.29 is 14.4 Å². The molecule has 2 aromatic carbocycles. The van der Waals surface area contributed by atoms with Crippen LogP contribution in [0.15, 0.2) is 24.3 Å². The van der Waals surface area contributed by atoms with Gasteiger partial charge in [0.15, 0.2) is 0 Å². The van der Waals surface area contributed by atoms with E-state index in [-0.39, 0.29) is 6.42 Å². The zero-order valence-electron chi connectivity index (χ0n) is 21.9. The molecule has 1 atom stereocenters. The first-order chi connectivity index (χ1) is 17.1. The number of hydrogen-bond donors (Lipinski definition) is 2. The van der Waals surface area contributed by atoms with Crippen LogP contribution in [0.2, 0.25) is 0 Å². The number of aryl methyl sites for hydroxylation is 3. The molecule has 6 nitrogen and oxygen atoms in total. The predicted molar refractivity (Wildman–Crippen MR) is 140 cm³/mol. The van der Waals surface area contributed by atoms with Gasteiger partial charge in [-0.15, -0.1) is 0 Å². The van der Waals surface area contributed by atoms with Crippen molar-refractivity contribution >= 4 is 23.4 Å². The number of rotatable bonds is 7. The Bertz CT molecular complexity index is 1260. The molecule has 0 radical (unpaired) electrons. The number of nitriles is 1. The summed E-state index contributed by atoms with van der Waals surface area (Å²) in [4.78, 5) is 37.0. The van der Waals surface area contributed by atoms with E-state index >= 15 is 0 Å². The van der Waals surface area contributed by atoms with Gasteiger partial charge in [0.25, 0.3) is 0 Å². The van der Waals surface area contributed by atoms with Gasteiger partial charge in [-0.1, -0.05) is 19.1 Å². The lowest BCUT2D eigenvalue weighted by Gasteiger charge is -2.55. The fourth-order valence-corrected chi connectivity index (χ4v) is 6.40. The molecule has 36 heavy (non-hydrogen) atoms.